The molecule has 2 amide bonds. The van der Waals surface area contributed by atoms with E-state index in [1.165, 1.54) is 0 Å². The number of benzene rings is 4. The van der Waals surface area contributed by atoms with Crippen LogP contribution in [0.15, 0.2) is 119 Å². The number of carbonyl (C=O) groups is 2. The molecule has 0 bridgehead atoms. The van der Waals surface area contributed by atoms with Crippen molar-refractivity contribution in [2.45, 2.75) is 35.8 Å². The van der Waals surface area contributed by atoms with Crippen LogP contribution in [0.1, 0.15) is 13.8 Å². The first kappa shape index (κ1) is 26.6. The molecule has 0 unspecified atom stereocenters. The fraction of sp³-hybridized carbons (Fsp3) is 0.133. The van der Waals surface area contributed by atoms with Crippen molar-refractivity contribution in [3.05, 3.63) is 109 Å². The van der Waals surface area contributed by atoms with E-state index in [0.29, 0.717) is 32.7 Å². The lowest BCUT2D eigenvalue weighted by atomic mass is 10.3. The van der Waals surface area contributed by atoms with Crippen molar-refractivity contribution >= 4 is 34.0 Å². The lowest BCUT2D eigenvalue weighted by Crippen LogP contribution is -2.30. The quantitative estimate of drug-likeness (QED) is 0.277. The van der Waals surface area contributed by atoms with Gasteiger partial charge in [-0.2, -0.15) is 0 Å². The summed E-state index contributed by atoms with van der Waals surface area (Å²) in [5, 5.41) is 5.61. The molecule has 38 heavy (non-hydrogen) atoms. The minimum Gasteiger partial charge on any atom is -0.481 e. The molecule has 194 valence electrons. The maximum Gasteiger partial charge on any atom is 0.265 e. The predicted octanol–water partition coefficient (Wildman–Crippen LogP) is 5.67. The van der Waals surface area contributed by atoms with Crippen molar-refractivity contribution in [3.8, 4) is 11.5 Å². The molecule has 0 saturated carbocycles. The third-order valence-corrected chi connectivity index (χ3v) is 6.92. The molecular weight excluding hydrogens is 500 g/mol. The van der Waals surface area contributed by atoms with E-state index in [9.17, 15) is 13.8 Å². The summed E-state index contributed by atoms with van der Waals surface area (Å²) in [4.78, 5) is 26.1. The Morgan fingerprint density at radius 2 is 0.921 bits per heavy atom. The molecule has 0 aliphatic rings. The van der Waals surface area contributed by atoms with Gasteiger partial charge in [-0.3, -0.25) is 9.59 Å². The maximum absolute atomic E-state index is 13.0. The van der Waals surface area contributed by atoms with Gasteiger partial charge >= 0.3 is 0 Å². The summed E-state index contributed by atoms with van der Waals surface area (Å²) >= 11 is 0. The van der Waals surface area contributed by atoms with E-state index >= 15 is 0 Å². The van der Waals surface area contributed by atoms with Gasteiger partial charge in [-0.1, -0.05) is 36.4 Å². The monoisotopic (exact) mass is 528 g/mol. The van der Waals surface area contributed by atoms with Crippen LogP contribution in [0.25, 0.3) is 0 Å². The van der Waals surface area contributed by atoms with Crippen molar-refractivity contribution < 1.29 is 23.3 Å². The molecule has 0 saturated heterocycles. The number of para-hydroxylation sites is 2. The average molecular weight is 529 g/mol. The minimum atomic E-state index is -1.43. The Morgan fingerprint density at radius 3 is 1.26 bits per heavy atom. The summed E-state index contributed by atoms with van der Waals surface area (Å²) in [6.07, 6.45) is -1.36. The average Bonchev–Trinajstić information content (AvgIpc) is 2.94. The predicted molar refractivity (Wildman–Crippen MR) is 148 cm³/mol. The maximum atomic E-state index is 13.0. The summed E-state index contributed by atoms with van der Waals surface area (Å²) in [7, 11) is -1.43. The van der Waals surface area contributed by atoms with Crippen LogP contribution < -0.4 is 20.1 Å². The van der Waals surface area contributed by atoms with Gasteiger partial charge in [0.25, 0.3) is 11.8 Å². The molecule has 4 aromatic rings. The number of hydrogen-bond acceptors (Lipinski definition) is 5. The van der Waals surface area contributed by atoms with Crippen molar-refractivity contribution in [2.75, 3.05) is 10.6 Å². The van der Waals surface area contributed by atoms with E-state index in [1.807, 2.05) is 36.4 Å². The van der Waals surface area contributed by atoms with E-state index in [4.69, 9.17) is 9.47 Å². The first-order valence-electron chi connectivity index (χ1n) is 12.1. The number of ether oxygens (including phenoxy) is 2. The Balaban J connectivity index is 1.30. The van der Waals surface area contributed by atoms with Gasteiger partial charge in [-0.15, -0.1) is 0 Å². The molecular formula is C30H28N2O5S. The molecule has 0 heterocycles. The van der Waals surface area contributed by atoms with Crippen LogP contribution >= 0.6 is 0 Å². The van der Waals surface area contributed by atoms with Crippen LogP contribution in [0.2, 0.25) is 0 Å². The Hall–Kier alpha value is -4.43. The molecule has 4 aromatic carbocycles. The smallest absolute Gasteiger partial charge is 0.265 e. The Labute approximate surface area is 224 Å². The summed E-state index contributed by atoms with van der Waals surface area (Å²) in [5.74, 6) is 0.649. The van der Waals surface area contributed by atoms with Gasteiger partial charge < -0.3 is 20.1 Å². The first-order chi connectivity index (χ1) is 18.4. The molecule has 8 heteroatoms. The summed E-state index contributed by atoms with van der Waals surface area (Å²) in [6, 6.07) is 31.8. The van der Waals surface area contributed by atoms with Gasteiger partial charge in [0.1, 0.15) is 11.5 Å². The normalized spacial score (nSPS) is 12.3. The van der Waals surface area contributed by atoms with E-state index in [2.05, 4.69) is 10.6 Å². The van der Waals surface area contributed by atoms with E-state index in [0.717, 1.165) is 0 Å². The lowest BCUT2D eigenvalue weighted by Gasteiger charge is -2.15. The second-order valence-electron chi connectivity index (χ2n) is 8.44. The zero-order chi connectivity index (χ0) is 26.9. The second-order valence-corrected chi connectivity index (χ2v) is 9.92. The molecule has 2 atom stereocenters. The molecule has 2 N–H and O–H groups in total. The van der Waals surface area contributed by atoms with Crippen molar-refractivity contribution in [3.63, 3.8) is 0 Å². The van der Waals surface area contributed by atoms with Crippen LogP contribution in [0.4, 0.5) is 11.4 Å². The van der Waals surface area contributed by atoms with E-state index < -0.39 is 23.0 Å². The SMILES string of the molecule is C[C@@H](Oc1ccccc1)C(=O)Nc1ccc(S(=O)c2ccc(NC(=O)[C@@H](C)Oc3ccccc3)cc2)cc1. The summed E-state index contributed by atoms with van der Waals surface area (Å²) < 4.78 is 24.3. The molecule has 7 nitrogen and oxygen atoms in total. The highest BCUT2D eigenvalue weighted by Crippen LogP contribution is 2.21. The third-order valence-electron chi connectivity index (χ3n) is 5.52. The van der Waals surface area contributed by atoms with Crippen LogP contribution in [-0.4, -0.2) is 28.2 Å². The van der Waals surface area contributed by atoms with Crippen LogP contribution in [0.3, 0.4) is 0 Å². The van der Waals surface area contributed by atoms with Crippen LogP contribution in [-0.2, 0) is 20.4 Å². The summed E-state index contributed by atoms with van der Waals surface area (Å²) in [5.41, 5.74) is 1.15. The van der Waals surface area contributed by atoms with Gasteiger partial charge in [0.2, 0.25) is 0 Å². The van der Waals surface area contributed by atoms with Gasteiger partial charge in [0.15, 0.2) is 12.2 Å². The highest BCUT2D eigenvalue weighted by molar-refractivity contribution is 7.85. The van der Waals surface area contributed by atoms with Gasteiger partial charge in [0, 0.05) is 21.2 Å². The topological polar surface area (TPSA) is 93.7 Å². The molecule has 0 aliphatic carbocycles. The lowest BCUT2D eigenvalue weighted by molar-refractivity contribution is -0.122. The highest BCUT2D eigenvalue weighted by Gasteiger charge is 2.17. The van der Waals surface area contributed by atoms with Crippen molar-refractivity contribution in [2.24, 2.45) is 0 Å². The summed E-state index contributed by atoms with van der Waals surface area (Å²) in [6.45, 7) is 3.35. The fourth-order valence-electron chi connectivity index (χ4n) is 3.46. The Kier molecular flexibility index (Phi) is 8.89. The van der Waals surface area contributed by atoms with Gasteiger partial charge in [-0.25, -0.2) is 4.21 Å². The van der Waals surface area contributed by atoms with Crippen molar-refractivity contribution in [1.82, 2.24) is 0 Å². The molecule has 0 spiro atoms. The standard InChI is InChI=1S/C30H28N2O5S/c1-21(36-25-9-5-3-6-10-25)29(33)31-23-13-17-27(18-14-23)38(35)28-19-15-24(16-20-28)32-30(34)22(2)37-26-11-7-4-8-12-26/h3-22H,1-2H3,(H,31,33)(H,32,34)/t21-,22-/m1/s1. The highest BCUT2D eigenvalue weighted by atomic mass is 32.2. The van der Waals surface area contributed by atoms with Crippen LogP contribution in [0, 0.1) is 0 Å². The zero-order valence-corrected chi connectivity index (χ0v) is 21.8. The number of carbonyl (C=O) groups excluding carboxylic acids is 2. The van der Waals surface area contributed by atoms with Crippen LogP contribution in [0.5, 0.6) is 11.5 Å². The van der Waals surface area contributed by atoms with Gasteiger partial charge in [0.05, 0.1) is 10.8 Å². The molecule has 0 radical (unpaired) electrons. The molecule has 0 aromatic heterocycles. The third kappa shape index (κ3) is 7.30. The van der Waals surface area contributed by atoms with E-state index in [1.54, 1.807) is 86.6 Å². The Bertz CT molecular complexity index is 1270. The second kappa shape index (κ2) is 12.7. The van der Waals surface area contributed by atoms with Crippen molar-refractivity contribution in [1.29, 1.82) is 0 Å². The molecule has 0 fully saturated rings. The number of hydrogen-bond donors (Lipinski definition) is 2. The largest absolute Gasteiger partial charge is 0.481 e. The molecule has 4 rings (SSSR count). The number of nitrogens with one attached hydrogen (secondary N) is 2. The fourth-order valence-corrected chi connectivity index (χ4v) is 4.50. The number of rotatable bonds is 10. The number of anilines is 2. The first-order valence-corrected chi connectivity index (χ1v) is 13.2. The number of amides is 2. The Morgan fingerprint density at radius 1 is 0.579 bits per heavy atom. The zero-order valence-electron chi connectivity index (χ0n) is 21.0. The van der Waals surface area contributed by atoms with E-state index in [-0.39, 0.29) is 11.8 Å². The molecule has 0 aliphatic heterocycles. The minimum absolute atomic E-state index is 0.288. The van der Waals surface area contributed by atoms with Gasteiger partial charge in [-0.05, 0) is 86.6 Å².